The minimum Gasteiger partial charge on any atom is -0.479 e. The second-order valence-corrected chi connectivity index (χ2v) is 9.36. The average molecular weight is 520 g/mol. The van der Waals surface area contributed by atoms with Gasteiger partial charge in [0.05, 0.1) is 38.4 Å². The molecule has 10 nitrogen and oxygen atoms in total. The highest BCUT2D eigenvalue weighted by atomic mass is 19.3. The first-order valence-corrected chi connectivity index (χ1v) is 11.8. The number of anilines is 1. The number of aromatic nitrogens is 6. The van der Waals surface area contributed by atoms with Crippen molar-refractivity contribution >= 4 is 22.5 Å². The number of alkyl halides is 4. The Hall–Kier alpha value is -3.52. The van der Waals surface area contributed by atoms with E-state index in [1.54, 1.807) is 35.4 Å². The molecule has 196 valence electrons. The van der Waals surface area contributed by atoms with Crippen molar-refractivity contribution in [1.82, 2.24) is 34.5 Å². The van der Waals surface area contributed by atoms with Gasteiger partial charge in [-0.3, -0.25) is 4.90 Å². The molecule has 14 heteroatoms. The van der Waals surface area contributed by atoms with Crippen LogP contribution in [0.15, 0.2) is 30.5 Å². The van der Waals surface area contributed by atoms with Crippen LogP contribution in [0.25, 0.3) is 27.7 Å². The van der Waals surface area contributed by atoms with Gasteiger partial charge in [-0.25, -0.2) is 26.8 Å². The first kappa shape index (κ1) is 23.9. The maximum Gasteiger partial charge on any atom is 0.281 e. The van der Waals surface area contributed by atoms with E-state index in [-0.39, 0.29) is 31.0 Å². The molecule has 3 aromatic heterocycles. The van der Waals surface area contributed by atoms with Gasteiger partial charge in [-0.2, -0.15) is 4.98 Å². The third-order valence-electron chi connectivity index (χ3n) is 6.99. The molecule has 1 aromatic carbocycles. The van der Waals surface area contributed by atoms with Gasteiger partial charge >= 0.3 is 0 Å². The molecule has 0 bridgehead atoms. The summed E-state index contributed by atoms with van der Waals surface area (Å²) in [6.45, 7) is 2.06. The molecule has 5 heterocycles. The summed E-state index contributed by atoms with van der Waals surface area (Å²) in [5, 5.41) is 15.0. The summed E-state index contributed by atoms with van der Waals surface area (Å²) in [5.74, 6) is -2.78. The van der Waals surface area contributed by atoms with Crippen molar-refractivity contribution in [3.63, 3.8) is 0 Å². The normalized spacial score (nSPS) is 21.1. The molecular formula is C23H24F4N8O2. The van der Waals surface area contributed by atoms with Crippen LogP contribution in [0.3, 0.4) is 0 Å². The quantitative estimate of drug-likeness (QED) is 0.372. The Labute approximate surface area is 208 Å². The van der Waals surface area contributed by atoms with Crippen molar-refractivity contribution in [3.8, 4) is 17.0 Å². The molecule has 2 atom stereocenters. The minimum atomic E-state index is -2.97. The minimum absolute atomic E-state index is 0.00450. The number of likely N-dealkylation sites (tertiary alicyclic amines) is 1. The molecule has 1 N–H and O–H groups in total. The SMILES string of the molecule is COc1nc(N[C@@H]2CN(C3COC3)CC2(F)F)nn2ccc(-c3ccc4nnn([C@H](C)C(F)F)c4c3)c12. The fraction of sp³-hybridized carbons (Fsp3) is 0.478. The van der Waals surface area contributed by atoms with Crippen LogP contribution >= 0.6 is 0 Å². The Balaban J connectivity index is 1.34. The van der Waals surface area contributed by atoms with Crippen molar-refractivity contribution in [3.05, 3.63) is 30.5 Å². The first-order chi connectivity index (χ1) is 17.7. The highest BCUT2D eigenvalue weighted by Gasteiger charge is 2.51. The number of methoxy groups -OCH3 is 1. The third-order valence-corrected chi connectivity index (χ3v) is 6.99. The largest absolute Gasteiger partial charge is 0.479 e. The second-order valence-electron chi connectivity index (χ2n) is 9.36. The number of rotatable bonds is 7. The van der Waals surface area contributed by atoms with Crippen LogP contribution in [0, 0.1) is 0 Å². The van der Waals surface area contributed by atoms with Crippen LogP contribution in [-0.4, -0.2) is 92.3 Å². The van der Waals surface area contributed by atoms with E-state index < -0.39 is 24.4 Å². The summed E-state index contributed by atoms with van der Waals surface area (Å²) in [4.78, 5) is 6.08. The molecule has 2 fully saturated rings. The van der Waals surface area contributed by atoms with Gasteiger partial charge in [0.25, 0.3) is 12.3 Å². The van der Waals surface area contributed by atoms with E-state index in [4.69, 9.17) is 9.47 Å². The molecule has 37 heavy (non-hydrogen) atoms. The third kappa shape index (κ3) is 4.03. The number of nitrogens with one attached hydrogen (secondary N) is 1. The summed E-state index contributed by atoms with van der Waals surface area (Å²) in [6, 6.07) is 4.64. The summed E-state index contributed by atoms with van der Waals surface area (Å²) in [5.41, 5.74) is 2.79. The Morgan fingerprint density at radius 3 is 2.73 bits per heavy atom. The van der Waals surface area contributed by atoms with E-state index in [1.807, 2.05) is 0 Å². The van der Waals surface area contributed by atoms with Crippen LogP contribution in [0.5, 0.6) is 5.88 Å². The maximum absolute atomic E-state index is 14.7. The number of nitrogens with zero attached hydrogens (tertiary/aromatic N) is 7. The molecule has 2 saturated heterocycles. The van der Waals surface area contributed by atoms with Crippen molar-refractivity contribution in [2.45, 2.75) is 37.4 Å². The fourth-order valence-electron chi connectivity index (χ4n) is 4.77. The average Bonchev–Trinajstić information content (AvgIpc) is 3.51. The van der Waals surface area contributed by atoms with Crippen LogP contribution in [-0.2, 0) is 4.74 Å². The number of fused-ring (bicyclic) bond motifs is 2. The number of benzene rings is 1. The topological polar surface area (TPSA) is 94.6 Å². The van der Waals surface area contributed by atoms with Crippen molar-refractivity contribution in [1.29, 1.82) is 0 Å². The molecule has 0 radical (unpaired) electrons. The molecule has 4 aromatic rings. The molecule has 0 amide bonds. The Kier molecular flexibility index (Phi) is 5.67. The van der Waals surface area contributed by atoms with Crippen LogP contribution < -0.4 is 10.1 Å². The zero-order valence-corrected chi connectivity index (χ0v) is 20.0. The van der Waals surface area contributed by atoms with Gasteiger partial charge < -0.3 is 14.8 Å². The molecule has 2 aliphatic heterocycles. The lowest BCUT2D eigenvalue weighted by molar-refractivity contribution is -0.0711. The van der Waals surface area contributed by atoms with Crippen LogP contribution in [0.1, 0.15) is 13.0 Å². The van der Waals surface area contributed by atoms with E-state index >= 15 is 0 Å². The van der Waals surface area contributed by atoms with Gasteiger partial charge in [0, 0.05) is 18.3 Å². The van der Waals surface area contributed by atoms with E-state index in [0.29, 0.717) is 40.9 Å². The Morgan fingerprint density at radius 2 is 2.03 bits per heavy atom. The van der Waals surface area contributed by atoms with Crippen molar-refractivity contribution in [2.24, 2.45) is 0 Å². The van der Waals surface area contributed by atoms with E-state index in [2.05, 4.69) is 25.7 Å². The molecular weight excluding hydrogens is 496 g/mol. The van der Waals surface area contributed by atoms with Crippen molar-refractivity contribution in [2.75, 3.05) is 38.7 Å². The van der Waals surface area contributed by atoms with Crippen LogP contribution in [0.2, 0.25) is 0 Å². The van der Waals surface area contributed by atoms with Crippen LogP contribution in [0.4, 0.5) is 23.5 Å². The first-order valence-electron chi connectivity index (χ1n) is 11.8. The van der Waals surface area contributed by atoms with E-state index in [1.165, 1.54) is 23.2 Å². The van der Waals surface area contributed by atoms with Gasteiger partial charge in [-0.1, -0.05) is 11.3 Å². The number of hydrogen-bond donors (Lipinski definition) is 1. The summed E-state index contributed by atoms with van der Waals surface area (Å²) >= 11 is 0. The fourth-order valence-corrected chi connectivity index (χ4v) is 4.77. The van der Waals surface area contributed by atoms with Gasteiger partial charge in [-0.15, -0.1) is 10.2 Å². The van der Waals surface area contributed by atoms with Gasteiger partial charge in [0.2, 0.25) is 11.8 Å². The molecule has 2 aliphatic rings. The van der Waals surface area contributed by atoms with E-state index in [9.17, 15) is 17.6 Å². The highest BCUT2D eigenvalue weighted by molar-refractivity contribution is 5.89. The monoisotopic (exact) mass is 520 g/mol. The molecule has 0 saturated carbocycles. The highest BCUT2D eigenvalue weighted by Crippen LogP contribution is 2.35. The Morgan fingerprint density at radius 1 is 1.22 bits per heavy atom. The summed E-state index contributed by atoms with van der Waals surface area (Å²) in [6.07, 6.45) is -0.948. The lowest BCUT2D eigenvalue weighted by atomic mass is 10.1. The molecule has 0 unspecified atom stereocenters. The summed E-state index contributed by atoms with van der Waals surface area (Å²) in [7, 11) is 1.43. The lowest BCUT2D eigenvalue weighted by Crippen LogP contribution is -2.48. The van der Waals surface area contributed by atoms with Gasteiger partial charge in [0.1, 0.15) is 23.1 Å². The zero-order valence-electron chi connectivity index (χ0n) is 20.0. The molecule has 0 aliphatic carbocycles. The molecule has 6 rings (SSSR count). The number of halogens is 4. The van der Waals surface area contributed by atoms with Gasteiger partial charge in [0.15, 0.2) is 0 Å². The molecule has 0 spiro atoms. The smallest absolute Gasteiger partial charge is 0.281 e. The van der Waals surface area contributed by atoms with Gasteiger partial charge in [-0.05, 0) is 30.7 Å². The predicted octanol–water partition coefficient (Wildman–Crippen LogP) is 3.11. The second kappa shape index (κ2) is 8.80. The number of hydrogen-bond acceptors (Lipinski definition) is 8. The maximum atomic E-state index is 14.7. The standard InChI is InChI=1S/C23H24F4N8O2/c1-12(20(24)25)35-17-7-13(3-4-16(17)30-32-35)15-5-6-34-19(15)21(36-2)29-22(31-34)28-18-8-33(11-23(18,26)27)14-9-37-10-14/h3-7,12,14,18,20H,8-11H2,1-2H3,(H,28,31)/t12-,18-/m1/s1. The summed E-state index contributed by atoms with van der Waals surface area (Å²) < 4.78 is 69.4. The van der Waals surface area contributed by atoms with Crippen molar-refractivity contribution < 1.29 is 27.0 Å². The Bertz CT molecular complexity index is 1450. The predicted molar refractivity (Wildman–Crippen MR) is 125 cm³/mol. The lowest BCUT2D eigenvalue weighted by Gasteiger charge is -2.34. The van der Waals surface area contributed by atoms with E-state index in [0.717, 1.165) is 0 Å². The zero-order chi connectivity index (χ0) is 25.9. The number of ether oxygens (including phenoxy) is 2.